The first-order valence-corrected chi connectivity index (χ1v) is 8.05. The second kappa shape index (κ2) is 6.05. The Morgan fingerprint density at radius 2 is 1.90 bits per heavy atom. The Hall–Kier alpha value is -2.21. The van der Waals surface area contributed by atoms with Crippen LogP contribution < -0.4 is 15.2 Å². The molecule has 0 aromatic heterocycles. The minimum atomic E-state index is -3.57. The van der Waals surface area contributed by atoms with E-state index in [2.05, 4.69) is 4.72 Å². The number of methoxy groups -OCH3 is 1. The van der Waals surface area contributed by atoms with Gasteiger partial charge in [-0.3, -0.25) is 4.72 Å². The van der Waals surface area contributed by atoms with Gasteiger partial charge in [0.15, 0.2) is 0 Å². The molecule has 2 rings (SSSR count). The molecule has 2 aromatic rings. The lowest BCUT2D eigenvalue weighted by Gasteiger charge is -2.13. The SMILES string of the molecule is COc1ccc(C)cc1NS(=O)(=O)Cc1ccccc1N. The van der Waals surface area contributed by atoms with E-state index in [1.165, 1.54) is 7.11 Å². The molecule has 21 heavy (non-hydrogen) atoms. The van der Waals surface area contributed by atoms with Crippen LogP contribution in [0.1, 0.15) is 11.1 Å². The van der Waals surface area contributed by atoms with Crippen LogP contribution >= 0.6 is 0 Å². The zero-order valence-electron chi connectivity index (χ0n) is 12.0. The van der Waals surface area contributed by atoms with Crippen LogP contribution in [0.2, 0.25) is 0 Å². The summed E-state index contributed by atoms with van der Waals surface area (Å²) in [5, 5.41) is 0. The van der Waals surface area contributed by atoms with Crippen LogP contribution in [0.4, 0.5) is 11.4 Å². The highest BCUT2D eigenvalue weighted by Crippen LogP contribution is 2.27. The van der Waals surface area contributed by atoms with Crippen molar-refractivity contribution in [2.45, 2.75) is 12.7 Å². The van der Waals surface area contributed by atoms with E-state index in [1.54, 1.807) is 36.4 Å². The molecule has 0 aliphatic carbocycles. The van der Waals surface area contributed by atoms with E-state index in [0.717, 1.165) is 5.56 Å². The Morgan fingerprint density at radius 1 is 1.19 bits per heavy atom. The largest absolute Gasteiger partial charge is 0.495 e. The predicted molar refractivity (Wildman–Crippen MR) is 84.8 cm³/mol. The molecule has 0 amide bonds. The summed E-state index contributed by atoms with van der Waals surface area (Å²) in [6, 6.07) is 12.2. The van der Waals surface area contributed by atoms with Gasteiger partial charge in [-0.15, -0.1) is 0 Å². The van der Waals surface area contributed by atoms with Crippen LogP contribution in [0.5, 0.6) is 5.75 Å². The van der Waals surface area contributed by atoms with Crippen molar-refractivity contribution >= 4 is 21.4 Å². The summed E-state index contributed by atoms with van der Waals surface area (Å²) >= 11 is 0. The molecule has 0 bridgehead atoms. The fraction of sp³-hybridized carbons (Fsp3) is 0.200. The maximum Gasteiger partial charge on any atom is 0.237 e. The van der Waals surface area contributed by atoms with Crippen LogP contribution in [-0.2, 0) is 15.8 Å². The molecule has 0 saturated carbocycles. The van der Waals surface area contributed by atoms with Crippen molar-refractivity contribution in [2.24, 2.45) is 0 Å². The van der Waals surface area contributed by atoms with Crippen molar-refractivity contribution in [3.05, 3.63) is 53.6 Å². The number of nitrogens with two attached hydrogens (primary N) is 1. The van der Waals surface area contributed by atoms with Gasteiger partial charge in [0.05, 0.1) is 18.6 Å². The lowest BCUT2D eigenvalue weighted by molar-refractivity contribution is 0.417. The lowest BCUT2D eigenvalue weighted by atomic mass is 10.2. The van der Waals surface area contributed by atoms with Crippen LogP contribution in [0.15, 0.2) is 42.5 Å². The van der Waals surface area contributed by atoms with Gasteiger partial charge >= 0.3 is 0 Å². The predicted octanol–water partition coefficient (Wildman–Crippen LogP) is 2.53. The number of ether oxygens (including phenoxy) is 1. The summed E-state index contributed by atoms with van der Waals surface area (Å²) in [5.41, 5.74) is 8.17. The van der Waals surface area contributed by atoms with Gasteiger partial charge in [-0.1, -0.05) is 24.3 Å². The summed E-state index contributed by atoms with van der Waals surface area (Å²) in [7, 11) is -2.07. The van der Waals surface area contributed by atoms with Gasteiger partial charge < -0.3 is 10.5 Å². The van der Waals surface area contributed by atoms with E-state index < -0.39 is 10.0 Å². The standard InChI is InChI=1S/C15H18N2O3S/c1-11-7-8-15(20-2)14(9-11)17-21(18,19)10-12-5-3-4-6-13(12)16/h3-9,17H,10,16H2,1-2H3. The number of rotatable bonds is 5. The lowest BCUT2D eigenvalue weighted by Crippen LogP contribution is -2.16. The van der Waals surface area contributed by atoms with E-state index in [1.807, 2.05) is 13.0 Å². The monoisotopic (exact) mass is 306 g/mol. The van der Waals surface area contributed by atoms with E-state index in [9.17, 15) is 8.42 Å². The molecule has 5 nitrogen and oxygen atoms in total. The highest BCUT2D eigenvalue weighted by atomic mass is 32.2. The Bertz CT molecular complexity index is 742. The molecule has 0 radical (unpaired) electrons. The van der Waals surface area contributed by atoms with E-state index >= 15 is 0 Å². The zero-order chi connectivity index (χ0) is 15.5. The van der Waals surface area contributed by atoms with E-state index in [-0.39, 0.29) is 5.75 Å². The fourth-order valence-corrected chi connectivity index (χ4v) is 3.21. The Balaban J connectivity index is 2.26. The normalized spacial score (nSPS) is 11.1. The van der Waals surface area contributed by atoms with Crippen LogP contribution in [-0.4, -0.2) is 15.5 Å². The molecule has 0 unspecified atom stereocenters. The quantitative estimate of drug-likeness (QED) is 0.832. The zero-order valence-corrected chi connectivity index (χ0v) is 12.8. The van der Waals surface area contributed by atoms with Crippen molar-refractivity contribution in [3.8, 4) is 5.75 Å². The average molecular weight is 306 g/mol. The van der Waals surface area contributed by atoms with Crippen molar-refractivity contribution in [1.29, 1.82) is 0 Å². The van der Waals surface area contributed by atoms with Gasteiger partial charge in [-0.25, -0.2) is 8.42 Å². The maximum absolute atomic E-state index is 12.3. The molecule has 0 heterocycles. The number of aryl methyl sites for hydroxylation is 1. The third kappa shape index (κ3) is 3.88. The highest BCUT2D eigenvalue weighted by Gasteiger charge is 2.16. The van der Waals surface area contributed by atoms with E-state index in [4.69, 9.17) is 10.5 Å². The molecule has 0 aliphatic heterocycles. The van der Waals surface area contributed by atoms with Gasteiger partial charge in [0.1, 0.15) is 5.75 Å². The minimum Gasteiger partial charge on any atom is -0.495 e. The summed E-state index contributed by atoms with van der Waals surface area (Å²) in [6.45, 7) is 1.88. The van der Waals surface area contributed by atoms with Crippen LogP contribution in [0.25, 0.3) is 0 Å². The molecule has 0 spiro atoms. The topological polar surface area (TPSA) is 81.4 Å². The third-order valence-corrected chi connectivity index (χ3v) is 4.24. The fourth-order valence-electron chi connectivity index (χ4n) is 1.98. The number of hydrogen-bond donors (Lipinski definition) is 2. The summed E-state index contributed by atoms with van der Waals surface area (Å²) < 4.78 is 32.3. The van der Waals surface area contributed by atoms with Gasteiger partial charge in [0.25, 0.3) is 0 Å². The molecular weight excluding hydrogens is 288 g/mol. The number of benzene rings is 2. The van der Waals surface area contributed by atoms with Gasteiger partial charge in [-0.2, -0.15) is 0 Å². The third-order valence-electron chi connectivity index (χ3n) is 3.02. The molecule has 3 N–H and O–H groups in total. The second-order valence-electron chi connectivity index (χ2n) is 4.76. The smallest absolute Gasteiger partial charge is 0.237 e. The number of para-hydroxylation sites is 1. The molecule has 0 saturated heterocycles. The van der Waals surface area contributed by atoms with Gasteiger partial charge in [0, 0.05) is 5.69 Å². The number of nitrogens with one attached hydrogen (secondary N) is 1. The first kappa shape index (κ1) is 15.2. The van der Waals surface area contributed by atoms with Gasteiger partial charge in [0.2, 0.25) is 10.0 Å². The van der Waals surface area contributed by atoms with Crippen molar-refractivity contribution in [1.82, 2.24) is 0 Å². The number of nitrogen functional groups attached to an aromatic ring is 1. The molecule has 0 aliphatic rings. The maximum atomic E-state index is 12.3. The molecule has 0 fully saturated rings. The molecular formula is C15H18N2O3S. The Labute approximate surface area is 124 Å². The second-order valence-corrected chi connectivity index (χ2v) is 6.49. The van der Waals surface area contributed by atoms with Gasteiger partial charge in [-0.05, 0) is 36.2 Å². The average Bonchev–Trinajstić information content (AvgIpc) is 2.41. The number of sulfonamides is 1. The highest BCUT2D eigenvalue weighted by molar-refractivity contribution is 7.91. The van der Waals surface area contributed by atoms with Crippen molar-refractivity contribution < 1.29 is 13.2 Å². The Kier molecular flexibility index (Phi) is 4.37. The summed E-state index contributed by atoms with van der Waals surface area (Å²) in [6.07, 6.45) is 0. The first-order chi connectivity index (χ1) is 9.91. The first-order valence-electron chi connectivity index (χ1n) is 6.40. The van der Waals surface area contributed by atoms with Crippen LogP contribution in [0.3, 0.4) is 0 Å². The molecule has 2 aromatic carbocycles. The van der Waals surface area contributed by atoms with Crippen LogP contribution in [0, 0.1) is 6.92 Å². The molecule has 112 valence electrons. The number of anilines is 2. The van der Waals surface area contributed by atoms with Crippen molar-refractivity contribution in [2.75, 3.05) is 17.6 Å². The molecule has 6 heteroatoms. The van der Waals surface area contributed by atoms with Crippen molar-refractivity contribution in [3.63, 3.8) is 0 Å². The molecule has 0 atom stereocenters. The minimum absolute atomic E-state index is 0.184. The Morgan fingerprint density at radius 3 is 2.57 bits per heavy atom. The summed E-state index contributed by atoms with van der Waals surface area (Å²) in [5.74, 6) is 0.293. The number of hydrogen-bond acceptors (Lipinski definition) is 4. The summed E-state index contributed by atoms with van der Waals surface area (Å²) in [4.78, 5) is 0. The van der Waals surface area contributed by atoms with E-state index in [0.29, 0.717) is 22.7 Å².